The summed E-state index contributed by atoms with van der Waals surface area (Å²) in [6, 6.07) is 8.24. The van der Waals surface area contributed by atoms with Crippen LogP contribution in [-0.2, 0) is 12.8 Å². The SMILES string of the molecule is COc1cc2c(cc1O[Si](C)(C)C(C)(C)C)C(Cc1ccc(OC)c(OC)c1Br)=NCC2. The third kappa shape index (κ3) is 4.83. The molecule has 0 fully saturated rings. The van der Waals surface area contributed by atoms with Gasteiger partial charge in [0.15, 0.2) is 17.2 Å². The lowest BCUT2D eigenvalue weighted by Gasteiger charge is -2.37. The van der Waals surface area contributed by atoms with Gasteiger partial charge in [-0.05, 0) is 69.8 Å². The molecule has 32 heavy (non-hydrogen) atoms. The predicted molar refractivity (Wildman–Crippen MR) is 137 cm³/mol. The Morgan fingerprint density at radius 3 is 2.25 bits per heavy atom. The normalized spacial score (nSPS) is 13.8. The molecule has 0 spiro atoms. The number of ether oxygens (including phenoxy) is 3. The number of methoxy groups -OCH3 is 3. The van der Waals surface area contributed by atoms with Gasteiger partial charge in [0.1, 0.15) is 5.75 Å². The van der Waals surface area contributed by atoms with Gasteiger partial charge in [-0.3, -0.25) is 4.99 Å². The van der Waals surface area contributed by atoms with Crippen LogP contribution >= 0.6 is 15.9 Å². The quantitative estimate of drug-likeness (QED) is 0.394. The fraction of sp³-hybridized carbons (Fsp3) is 0.480. The maximum atomic E-state index is 6.66. The van der Waals surface area contributed by atoms with E-state index in [0.717, 1.165) is 45.8 Å². The number of nitrogens with zero attached hydrogens (tertiary/aromatic N) is 1. The highest BCUT2D eigenvalue weighted by Gasteiger charge is 2.39. The number of hydrogen-bond donors (Lipinski definition) is 0. The van der Waals surface area contributed by atoms with Crippen molar-refractivity contribution in [1.29, 1.82) is 0 Å². The lowest BCUT2D eigenvalue weighted by Crippen LogP contribution is -2.44. The van der Waals surface area contributed by atoms with Crippen molar-refractivity contribution < 1.29 is 18.6 Å². The summed E-state index contributed by atoms with van der Waals surface area (Å²) in [6.07, 6.45) is 1.57. The summed E-state index contributed by atoms with van der Waals surface area (Å²) in [4.78, 5) is 4.89. The van der Waals surface area contributed by atoms with Crippen LogP contribution in [0.5, 0.6) is 23.0 Å². The van der Waals surface area contributed by atoms with E-state index >= 15 is 0 Å². The number of hydrogen-bond acceptors (Lipinski definition) is 5. The molecule has 3 rings (SSSR count). The molecule has 0 saturated carbocycles. The van der Waals surface area contributed by atoms with E-state index in [0.29, 0.717) is 17.9 Å². The minimum absolute atomic E-state index is 0.0926. The highest BCUT2D eigenvalue weighted by Crippen LogP contribution is 2.42. The van der Waals surface area contributed by atoms with Crippen molar-refractivity contribution in [2.75, 3.05) is 27.9 Å². The lowest BCUT2D eigenvalue weighted by atomic mass is 9.93. The van der Waals surface area contributed by atoms with E-state index in [2.05, 4.69) is 68.0 Å². The van der Waals surface area contributed by atoms with Crippen molar-refractivity contribution in [2.45, 2.75) is 51.7 Å². The Hall–Kier alpha value is -1.99. The van der Waals surface area contributed by atoms with Crippen molar-refractivity contribution in [1.82, 2.24) is 0 Å². The molecule has 0 aliphatic carbocycles. The third-order valence-corrected chi connectivity index (χ3v) is 11.7. The fourth-order valence-corrected chi connectivity index (χ4v) is 5.18. The predicted octanol–water partition coefficient (Wildman–Crippen LogP) is 6.45. The molecule has 2 aromatic carbocycles. The van der Waals surface area contributed by atoms with Gasteiger partial charge < -0.3 is 18.6 Å². The zero-order chi connectivity index (χ0) is 23.7. The van der Waals surface area contributed by atoms with E-state index in [9.17, 15) is 0 Å². The Bertz CT molecular complexity index is 1030. The molecule has 0 atom stereocenters. The van der Waals surface area contributed by atoms with Gasteiger partial charge in [-0.25, -0.2) is 0 Å². The molecule has 2 aromatic rings. The van der Waals surface area contributed by atoms with Crippen molar-refractivity contribution in [3.05, 3.63) is 45.4 Å². The Balaban J connectivity index is 2.01. The molecule has 0 amide bonds. The largest absolute Gasteiger partial charge is 0.541 e. The Morgan fingerprint density at radius 1 is 0.969 bits per heavy atom. The van der Waals surface area contributed by atoms with E-state index in [1.54, 1.807) is 21.3 Å². The van der Waals surface area contributed by atoms with E-state index in [4.69, 9.17) is 23.6 Å². The Labute approximate surface area is 201 Å². The molecule has 0 saturated heterocycles. The van der Waals surface area contributed by atoms with Gasteiger partial charge >= 0.3 is 0 Å². The van der Waals surface area contributed by atoms with Crippen molar-refractivity contribution in [2.24, 2.45) is 4.99 Å². The Morgan fingerprint density at radius 2 is 1.66 bits per heavy atom. The minimum atomic E-state index is -2.02. The molecule has 1 aliphatic rings. The first-order chi connectivity index (χ1) is 15.0. The van der Waals surface area contributed by atoms with Crippen molar-refractivity contribution >= 4 is 30.0 Å². The first-order valence-corrected chi connectivity index (χ1v) is 14.6. The first kappa shape index (κ1) is 24.6. The van der Waals surface area contributed by atoms with Gasteiger partial charge in [0, 0.05) is 24.2 Å². The average Bonchev–Trinajstić information content (AvgIpc) is 2.73. The molecule has 0 unspecified atom stereocenters. The molecule has 0 radical (unpaired) electrons. The average molecular weight is 521 g/mol. The lowest BCUT2D eigenvalue weighted by molar-refractivity contribution is 0.352. The number of aliphatic imine (C=N–C) groups is 1. The highest BCUT2D eigenvalue weighted by atomic mass is 79.9. The van der Waals surface area contributed by atoms with Crippen LogP contribution < -0.4 is 18.6 Å². The summed E-state index contributed by atoms with van der Waals surface area (Å²) in [5, 5.41) is 0.0926. The summed E-state index contributed by atoms with van der Waals surface area (Å²) < 4.78 is 24.2. The highest BCUT2D eigenvalue weighted by molar-refractivity contribution is 9.10. The van der Waals surface area contributed by atoms with E-state index < -0.39 is 8.32 Å². The van der Waals surface area contributed by atoms with E-state index in [1.807, 2.05) is 6.07 Å². The van der Waals surface area contributed by atoms with E-state index in [-0.39, 0.29) is 5.04 Å². The molecular weight excluding hydrogens is 486 g/mol. The van der Waals surface area contributed by atoms with Crippen molar-refractivity contribution in [3.63, 3.8) is 0 Å². The zero-order valence-corrected chi connectivity index (χ0v) is 23.0. The number of halogens is 1. The van der Waals surface area contributed by atoms with Crippen LogP contribution in [-0.4, -0.2) is 41.9 Å². The van der Waals surface area contributed by atoms with Gasteiger partial charge in [0.25, 0.3) is 8.32 Å². The molecule has 1 aliphatic heterocycles. The van der Waals surface area contributed by atoms with Crippen LogP contribution in [0, 0.1) is 0 Å². The van der Waals surface area contributed by atoms with Crippen LogP contribution in [0.3, 0.4) is 0 Å². The van der Waals surface area contributed by atoms with Gasteiger partial charge in [-0.2, -0.15) is 0 Å². The van der Waals surface area contributed by atoms with Crippen molar-refractivity contribution in [3.8, 4) is 23.0 Å². The van der Waals surface area contributed by atoms with Gasteiger partial charge in [0.2, 0.25) is 0 Å². The van der Waals surface area contributed by atoms with Gasteiger partial charge in [-0.1, -0.05) is 26.8 Å². The second kappa shape index (κ2) is 9.47. The van der Waals surface area contributed by atoms with Crippen LogP contribution in [0.2, 0.25) is 18.1 Å². The molecule has 0 aromatic heterocycles. The monoisotopic (exact) mass is 519 g/mol. The number of fused-ring (bicyclic) bond motifs is 1. The molecule has 1 heterocycles. The summed E-state index contributed by atoms with van der Waals surface area (Å²) >= 11 is 3.70. The van der Waals surface area contributed by atoms with Crippen LogP contribution in [0.15, 0.2) is 33.7 Å². The smallest absolute Gasteiger partial charge is 0.250 e. The summed E-state index contributed by atoms with van der Waals surface area (Å²) in [5.41, 5.74) is 4.51. The second-order valence-electron chi connectivity index (χ2n) is 9.55. The molecule has 174 valence electrons. The van der Waals surface area contributed by atoms with Crippen LogP contribution in [0.25, 0.3) is 0 Å². The summed E-state index contributed by atoms with van der Waals surface area (Å²) in [6.45, 7) is 12.0. The maximum absolute atomic E-state index is 6.66. The topological polar surface area (TPSA) is 49.3 Å². The third-order valence-electron chi connectivity index (χ3n) is 6.48. The Kier molecular flexibility index (Phi) is 7.30. The maximum Gasteiger partial charge on any atom is 0.250 e. The molecule has 0 N–H and O–H groups in total. The van der Waals surface area contributed by atoms with Crippen LogP contribution in [0.1, 0.15) is 37.5 Å². The molecule has 5 nitrogen and oxygen atoms in total. The standard InChI is InChI=1S/C25H34BrNO4Si/c1-25(2,3)32(7,8)31-22-15-18-16(14-21(22)29-5)11-12-27-19(18)13-17-9-10-20(28-4)24(30-6)23(17)26/h9-10,14-15H,11-13H2,1-8H3. The zero-order valence-electron chi connectivity index (χ0n) is 20.4. The molecule has 0 bridgehead atoms. The van der Waals surface area contributed by atoms with Crippen LogP contribution in [0.4, 0.5) is 0 Å². The van der Waals surface area contributed by atoms with Gasteiger partial charge in [-0.15, -0.1) is 0 Å². The molecular formula is C25H34BrNO4Si. The summed E-state index contributed by atoms with van der Waals surface area (Å²) in [7, 11) is 2.97. The number of rotatable bonds is 7. The minimum Gasteiger partial charge on any atom is -0.541 e. The van der Waals surface area contributed by atoms with E-state index in [1.165, 1.54) is 5.56 Å². The second-order valence-corrected chi connectivity index (χ2v) is 15.1. The molecule has 7 heteroatoms. The summed E-state index contributed by atoms with van der Waals surface area (Å²) in [5.74, 6) is 2.99. The first-order valence-electron chi connectivity index (χ1n) is 10.9. The number of benzene rings is 2. The van der Waals surface area contributed by atoms with Gasteiger partial charge in [0.05, 0.1) is 25.8 Å². The fourth-order valence-electron chi connectivity index (χ4n) is 3.54.